The van der Waals surface area contributed by atoms with E-state index in [1.165, 1.54) is 12.1 Å². The largest absolute Gasteiger partial charge is 0.388 e. The van der Waals surface area contributed by atoms with Crippen molar-refractivity contribution in [1.82, 2.24) is 0 Å². The number of nitrogens with zero attached hydrogens (tertiary/aromatic N) is 1. The molecule has 0 aromatic heterocycles. The predicted molar refractivity (Wildman–Crippen MR) is 40.7 cm³/mol. The first-order valence-electron chi connectivity index (χ1n) is 3.14. The van der Waals surface area contributed by atoms with E-state index in [0.717, 1.165) is 0 Å². The van der Waals surface area contributed by atoms with E-state index in [1.54, 1.807) is 13.1 Å². The Kier molecular flexibility index (Phi) is 2.07. The lowest BCUT2D eigenvalue weighted by Crippen LogP contribution is -1.89. The maximum atomic E-state index is 12.6. The third kappa shape index (κ3) is 1.68. The Labute approximate surface area is 64.3 Å². The molecule has 0 bridgehead atoms. The summed E-state index contributed by atoms with van der Waals surface area (Å²) in [6, 6.07) is 5.98. The number of nitriles is 1. The van der Waals surface area contributed by atoms with Gasteiger partial charge in [-0.3, -0.25) is 0 Å². The van der Waals surface area contributed by atoms with E-state index in [-0.39, 0.29) is 0 Å². The molecule has 1 N–H and O–H groups in total. The fourth-order valence-electron chi connectivity index (χ4n) is 0.799. The first kappa shape index (κ1) is 7.55. The molecule has 1 aromatic carbocycles. The lowest BCUT2D eigenvalue weighted by Gasteiger charge is -1.99. The quantitative estimate of drug-likeness (QED) is 0.661. The van der Waals surface area contributed by atoms with Crippen molar-refractivity contribution in [3.05, 3.63) is 29.6 Å². The van der Waals surface area contributed by atoms with Gasteiger partial charge in [-0.15, -0.1) is 0 Å². The maximum Gasteiger partial charge on any atom is 0.126 e. The van der Waals surface area contributed by atoms with Gasteiger partial charge in [0.1, 0.15) is 5.82 Å². The number of hydrogen-bond donors (Lipinski definition) is 1. The van der Waals surface area contributed by atoms with Crippen LogP contribution in [0.25, 0.3) is 0 Å². The second-order valence-corrected chi connectivity index (χ2v) is 2.09. The lowest BCUT2D eigenvalue weighted by atomic mass is 10.2. The third-order valence-electron chi connectivity index (χ3n) is 1.32. The summed E-state index contributed by atoms with van der Waals surface area (Å²) in [7, 11) is 1.68. The van der Waals surface area contributed by atoms with Crippen LogP contribution in [0.1, 0.15) is 5.56 Å². The lowest BCUT2D eigenvalue weighted by molar-refractivity contribution is 0.628. The molecule has 0 aliphatic carbocycles. The van der Waals surface area contributed by atoms with Crippen LogP contribution >= 0.6 is 0 Å². The van der Waals surface area contributed by atoms with Crippen LogP contribution in [0.3, 0.4) is 0 Å². The average molecular weight is 150 g/mol. The summed E-state index contributed by atoms with van der Waals surface area (Å²) in [6.45, 7) is 0. The van der Waals surface area contributed by atoms with Gasteiger partial charge in [-0.1, -0.05) is 0 Å². The Morgan fingerprint density at radius 2 is 2.18 bits per heavy atom. The molecule has 3 heteroatoms. The molecule has 0 spiro atoms. The van der Waals surface area contributed by atoms with Crippen molar-refractivity contribution < 1.29 is 4.39 Å². The van der Waals surface area contributed by atoms with Crippen LogP contribution in [0.5, 0.6) is 0 Å². The van der Waals surface area contributed by atoms with E-state index < -0.39 is 5.82 Å². The number of benzene rings is 1. The number of hydrogen-bond acceptors (Lipinski definition) is 2. The molecule has 0 radical (unpaired) electrons. The first-order valence-corrected chi connectivity index (χ1v) is 3.14. The van der Waals surface area contributed by atoms with Gasteiger partial charge in [-0.05, 0) is 18.2 Å². The standard InChI is InChI=1S/C8H7FN2/c1-11-8-3-6(5-10)2-7(9)4-8/h2-4,11H,1H3. The topological polar surface area (TPSA) is 35.8 Å². The zero-order valence-electron chi connectivity index (χ0n) is 6.06. The van der Waals surface area contributed by atoms with E-state index in [4.69, 9.17) is 5.26 Å². The van der Waals surface area contributed by atoms with E-state index in [2.05, 4.69) is 5.32 Å². The summed E-state index contributed by atoms with van der Waals surface area (Å²) in [6.07, 6.45) is 0. The molecule has 0 saturated heterocycles. The van der Waals surface area contributed by atoms with Crippen molar-refractivity contribution in [2.45, 2.75) is 0 Å². The van der Waals surface area contributed by atoms with Crippen molar-refractivity contribution in [3.63, 3.8) is 0 Å². The summed E-state index contributed by atoms with van der Waals surface area (Å²) in [4.78, 5) is 0. The normalized spacial score (nSPS) is 8.82. The molecule has 0 aliphatic heterocycles. The molecular formula is C8H7FN2. The van der Waals surface area contributed by atoms with Crippen LogP contribution < -0.4 is 5.32 Å². The Morgan fingerprint density at radius 1 is 1.45 bits per heavy atom. The summed E-state index contributed by atoms with van der Waals surface area (Å²) in [5.74, 6) is -0.395. The zero-order valence-corrected chi connectivity index (χ0v) is 6.06. The minimum absolute atomic E-state index is 0.328. The van der Waals surface area contributed by atoms with Gasteiger partial charge in [0.05, 0.1) is 11.6 Å². The molecule has 0 atom stereocenters. The fourth-order valence-corrected chi connectivity index (χ4v) is 0.799. The van der Waals surface area contributed by atoms with Gasteiger partial charge < -0.3 is 5.32 Å². The van der Waals surface area contributed by atoms with Gasteiger partial charge in [-0.2, -0.15) is 5.26 Å². The van der Waals surface area contributed by atoms with Crippen LogP contribution in [0, 0.1) is 17.1 Å². The van der Waals surface area contributed by atoms with Crippen molar-refractivity contribution in [2.75, 3.05) is 12.4 Å². The second-order valence-electron chi connectivity index (χ2n) is 2.09. The van der Waals surface area contributed by atoms with Crippen LogP contribution in [-0.4, -0.2) is 7.05 Å². The Bertz CT molecular complexity index is 301. The van der Waals surface area contributed by atoms with Crippen molar-refractivity contribution in [3.8, 4) is 6.07 Å². The zero-order chi connectivity index (χ0) is 8.27. The third-order valence-corrected chi connectivity index (χ3v) is 1.32. The van der Waals surface area contributed by atoms with Gasteiger partial charge in [0.25, 0.3) is 0 Å². The van der Waals surface area contributed by atoms with Crippen LogP contribution in [0.15, 0.2) is 18.2 Å². The smallest absolute Gasteiger partial charge is 0.126 e. The minimum atomic E-state index is -0.395. The average Bonchev–Trinajstić information content (AvgIpc) is 2.03. The molecule has 56 valence electrons. The van der Waals surface area contributed by atoms with Crippen LogP contribution in [0.4, 0.5) is 10.1 Å². The molecule has 0 fully saturated rings. The molecule has 0 aliphatic rings. The molecule has 0 saturated carbocycles. The minimum Gasteiger partial charge on any atom is -0.388 e. The number of anilines is 1. The Hall–Kier alpha value is -1.56. The molecule has 11 heavy (non-hydrogen) atoms. The van der Waals surface area contributed by atoms with E-state index in [0.29, 0.717) is 11.3 Å². The van der Waals surface area contributed by atoms with Gasteiger partial charge in [-0.25, -0.2) is 4.39 Å². The van der Waals surface area contributed by atoms with Crippen molar-refractivity contribution in [1.29, 1.82) is 5.26 Å². The molecule has 0 amide bonds. The van der Waals surface area contributed by atoms with Gasteiger partial charge in [0.2, 0.25) is 0 Å². The summed E-state index contributed by atoms with van der Waals surface area (Å²) >= 11 is 0. The van der Waals surface area contributed by atoms with Crippen molar-refractivity contribution >= 4 is 5.69 Å². The highest BCUT2D eigenvalue weighted by Gasteiger charge is 1.97. The highest BCUT2D eigenvalue weighted by Crippen LogP contribution is 2.11. The number of halogens is 1. The highest BCUT2D eigenvalue weighted by atomic mass is 19.1. The summed E-state index contributed by atoms with van der Waals surface area (Å²) in [5.41, 5.74) is 0.941. The molecule has 0 heterocycles. The van der Waals surface area contributed by atoms with E-state index >= 15 is 0 Å². The maximum absolute atomic E-state index is 12.6. The molecule has 1 aromatic rings. The molecule has 1 rings (SSSR count). The van der Waals surface area contributed by atoms with Gasteiger partial charge in [0.15, 0.2) is 0 Å². The monoisotopic (exact) mass is 150 g/mol. The Balaban J connectivity index is 3.15. The van der Waals surface area contributed by atoms with E-state index in [9.17, 15) is 4.39 Å². The summed E-state index contributed by atoms with van der Waals surface area (Å²) in [5, 5.41) is 11.2. The van der Waals surface area contributed by atoms with Gasteiger partial charge in [0, 0.05) is 12.7 Å². The second kappa shape index (κ2) is 3.02. The highest BCUT2D eigenvalue weighted by molar-refractivity contribution is 5.49. The fraction of sp³-hybridized carbons (Fsp3) is 0.125. The number of nitrogens with one attached hydrogen (secondary N) is 1. The molecule has 2 nitrogen and oxygen atoms in total. The summed E-state index contributed by atoms with van der Waals surface area (Å²) < 4.78 is 12.6. The predicted octanol–water partition coefficient (Wildman–Crippen LogP) is 1.74. The van der Waals surface area contributed by atoms with Gasteiger partial charge >= 0.3 is 0 Å². The van der Waals surface area contributed by atoms with E-state index in [1.807, 2.05) is 6.07 Å². The number of rotatable bonds is 1. The van der Waals surface area contributed by atoms with Crippen molar-refractivity contribution in [2.24, 2.45) is 0 Å². The SMILES string of the molecule is CNc1cc(F)cc(C#N)c1. The first-order chi connectivity index (χ1) is 5.26. The Morgan fingerprint density at radius 3 is 2.73 bits per heavy atom. The van der Waals surface area contributed by atoms with Crippen LogP contribution in [0.2, 0.25) is 0 Å². The van der Waals surface area contributed by atoms with Crippen LogP contribution in [-0.2, 0) is 0 Å². The molecule has 0 unspecified atom stereocenters. The molecular weight excluding hydrogens is 143 g/mol.